The third kappa shape index (κ3) is 1.83. The normalized spacial score (nSPS) is 12.6. The molecule has 0 bridgehead atoms. The van der Waals surface area contributed by atoms with Crippen LogP contribution in [0.1, 0.15) is 52.1 Å². The van der Waals surface area contributed by atoms with Gasteiger partial charge in [0.1, 0.15) is 11.2 Å². The van der Waals surface area contributed by atoms with Gasteiger partial charge in [-0.1, -0.05) is 34.6 Å². The van der Waals surface area contributed by atoms with E-state index < -0.39 is 0 Å². The highest BCUT2D eigenvalue weighted by atomic mass is 16.1. The fourth-order valence-electron chi connectivity index (χ4n) is 2.14. The van der Waals surface area contributed by atoms with Crippen LogP contribution in [0, 0.1) is 0 Å². The van der Waals surface area contributed by atoms with E-state index in [1.54, 1.807) is 11.6 Å². The van der Waals surface area contributed by atoms with Crippen molar-refractivity contribution in [2.75, 3.05) is 0 Å². The minimum absolute atomic E-state index is 0.0256. The molecule has 0 aromatic carbocycles. The van der Waals surface area contributed by atoms with E-state index in [1.165, 1.54) is 0 Å². The third-order valence-electron chi connectivity index (χ3n) is 3.06. The number of hydrogen-bond acceptors (Lipinski definition) is 3. The standard InChI is InChI=1S/C13H20N4O/c1-7(2)11-14-10-8(12(18)17(11)6)9(15-16-10)13(3,4)5/h7H,1-6H3,(H,15,16). The van der Waals surface area contributed by atoms with E-state index in [2.05, 4.69) is 15.2 Å². The van der Waals surface area contributed by atoms with Crippen LogP contribution in [0.5, 0.6) is 0 Å². The molecule has 0 fully saturated rings. The molecule has 0 saturated carbocycles. The van der Waals surface area contributed by atoms with Gasteiger partial charge in [-0.3, -0.25) is 14.5 Å². The Morgan fingerprint density at radius 2 is 1.89 bits per heavy atom. The number of rotatable bonds is 1. The lowest BCUT2D eigenvalue weighted by molar-refractivity contribution is 0.570. The lowest BCUT2D eigenvalue weighted by Crippen LogP contribution is -2.25. The van der Waals surface area contributed by atoms with Crippen molar-refractivity contribution < 1.29 is 0 Å². The van der Waals surface area contributed by atoms with Gasteiger partial charge in [0.15, 0.2) is 5.65 Å². The van der Waals surface area contributed by atoms with Crippen LogP contribution in [0.25, 0.3) is 11.0 Å². The average molecular weight is 248 g/mol. The predicted octanol–water partition coefficient (Wildman–Crippen LogP) is 2.08. The maximum atomic E-state index is 12.4. The molecule has 0 saturated heterocycles. The Kier molecular flexibility index (Phi) is 2.80. The first-order chi connectivity index (χ1) is 8.23. The molecule has 0 unspecified atom stereocenters. The van der Waals surface area contributed by atoms with Gasteiger partial charge in [-0.2, -0.15) is 5.10 Å². The first-order valence-electron chi connectivity index (χ1n) is 6.19. The van der Waals surface area contributed by atoms with E-state index in [9.17, 15) is 4.79 Å². The highest BCUT2D eigenvalue weighted by Gasteiger charge is 2.24. The summed E-state index contributed by atoms with van der Waals surface area (Å²) in [6.07, 6.45) is 0. The third-order valence-corrected chi connectivity index (χ3v) is 3.06. The summed E-state index contributed by atoms with van der Waals surface area (Å²) in [5, 5.41) is 7.76. The maximum Gasteiger partial charge on any atom is 0.264 e. The number of nitrogens with one attached hydrogen (secondary N) is 1. The second-order valence-electron chi connectivity index (χ2n) is 6.03. The van der Waals surface area contributed by atoms with Crippen LogP contribution >= 0.6 is 0 Å². The largest absolute Gasteiger partial charge is 0.299 e. The molecule has 5 nitrogen and oxygen atoms in total. The quantitative estimate of drug-likeness (QED) is 0.840. The summed E-state index contributed by atoms with van der Waals surface area (Å²) < 4.78 is 1.62. The van der Waals surface area contributed by atoms with Gasteiger partial charge in [-0.25, -0.2) is 4.98 Å². The zero-order valence-electron chi connectivity index (χ0n) is 11.8. The topological polar surface area (TPSA) is 63.6 Å². The predicted molar refractivity (Wildman–Crippen MR) is 71.9 cm³/mol. The molecule has 0 spiro atoms. The van der Waals surface area contributed by atoms with Crippen molar-refractivity contribution in [2.24, 2.45) is 7.05 Å². The summed E-state index contributed by atoms with van der Waals surface area (Å²) in [7, 11) is 1.77. The molecule has 2 heterocycles. The average Bonchev–Trinajstić information content (AvgIpc) is 2.66. The number of nitrogens with zero attached hydrogens (tertiary/aromatic N) is 3. The molecule has 0 aliphatic heterocycles. The second-order valence-corrected chi connectivity index (χ2v) is 6.03. The molecule has 98 valence electrons. The SMILES string of the molecule is CC(C)c1nc2[nH]nc(C(C)(C)C)c2c(=O)n1C. The van der Waals surface area contributed by atoms with Crippen LogP contribution < -0.4 is 5.56 Å². The molecule has 1 N–H and O–H groups in total. The van der Waals surface area contributed by atoms with E-state index in [4.69, 9.17) is 0 Å². The van der Waals surface area contributed by atoms with Gasteiger partial charge in [-0.05, 0) is 0 Å². The zero-order chi connectivity index (χ0) is 13.7. The fraction of sp³-hybridized carbons (Fsp3) is 0.615. The molecule has 0 aliphatic carbocycles. The van der Waals surface area contributed by atoms with Crippen LogP contribution in [0.4, 0.5) is 0 Å². The van der Waals surface area contributed by atoms with E-state index in [0.717, 1.165) is 11.5 Å². The number of aromatic nitrogens is 4. The van der Waals surface area contributed by atoms with Crippen molar-refractivity contribution in [1.82, 2.24) is 19.7 Å². The molecule has 2 aromatic rings. The monoisotopic (exact) mass is 248 g/mol. The summed E-state index contributed by atoms with van der Waals surface area (Å²) in [6, 6.07) is 0. The van der Waals surface area contributed by atoms with Crippen molar-refractivity contribution in [3.63, 3.8) is 0 Å². The first-order valence-corrected chi connectivity index (χ1v) is 6.19. The van der Waals surface area contributed by atoms with Gasteiger partial charge in [0.25, 0.3) is 5.56 Å². The van der Waals surface area contributed by atoms with Crippen LogP contribution in [-0.4, -0.2) is 19.7 Å². The molecular weight excluding hydrogens is 228 g/mol. The second kappa shape index (κ2) is 3.93. The first kappa shape index (κ1) is 12.8. The van der Waals surface area contributed by atoms with E-state index in [-0.39, 0.29) is 16.9 Å². The van der Waals surface area contributed by atoms with Gasteiger partial charge in [0.2, 0.25) is 0 Å². The van der Waals surface area contributed by atoms with E-state index in [0.29, 0.717) is 11.0 Å². The van der Waals surface area contributed by atoms with E-state index >= 15 is 0 Å². The lowest BCUT2D eigenvalue weighted by Gasteiger charge is -2.16. The number of aromatic amines is 1. The minimum Gasteiger partial charge on any atom is -0.299 e. The Morgan fingerprint density at radius 1 is 1.28 bits per heavy atom. The highest BCUT2D eigenvalue weighted by Crippen LogP contribution is 2.25. The summed E-state index contributed by atoms with van der Waals surface area (Å²) >= 11 is 0. The Hall–Kier alpha value is -1.65. The van der Waals surface area contributed by atoms with Crippen molar-refractivity contribution in [3.8, 4) is 0 Å². The van der Waals surface area contributed by atoms with Crippen molar-refractivity contribution in [2.45, 2.75) is 46.0 Å². The van der Waals surface area contributed by atoms with Gasteiger partial charge < -0.3 is 0 Å². The van der Waals surface area contributed by atoms with Crippen LogP contribution in [0.3, 0.4) is 0 Å². The zero-order valence-corrected chi connectivity index (χ0v) is 11.8. The molecule has 5 heteroatoms. The molecule has 2 aromatic heterocycles. The smallest absolute Gasteiger partial charge is 0.264 e. The Bertz CT molecular complexity index is 643. The highest BCUT2D eigenvalue weighted by molar-refractivity contribution is 5.77. The molecule has 0 radical (unpaired) electrons. The van der Waals surface area contributed by atoms with Crippen LogP contribution in [-0.2, 0) is 12.5 Å². The Labute approximate surface area is 106 Å². The lowest BCUT2D eigenvalue weighted by atomic mass is 9.90. The molecule has 18 heavy (non-hydrogen) atoms. The van der Waals surface area contributed by atoms with Gasteiger partial charge >= 0.3 is 0 Å². The van der Waals surface area contributed by atoms with E-state index in [1.807, 2.05) is 34.6 Å². The van der Waals surface area contributed by atoms with Gasteiger partial charge in [0, 0.05) is 18.4 Å². The molecule has 2 rings (SSSR count). The molecule has 0 aliphatic rings. The fourth-order valence-corrected chi connectivity index (χ4v) is 2.14. The van der Waals surface area contributed by atoms with Crippen molar-refractivity contribution in [1.29, 1.82) is 0 Å². The molecular formula is C13H20N4O. The summed E-state index contributed by atoms with van der Waals surface area (Å²) in [6.45, 7) is 10.2. The molecule has 0 atom stereocenters. The maximum absolute atomic E-state index is 12.4. The van der Waals surface area contributed by atoms with Crippen molar-refractivity contribution in [3.05, 3.63) is 21.9 Å². The van der Waals surface area contributed by atoms with Crippen LogP contribution in [0.2, 0.25) is 0 Å². The summed E-state index contributed by atoms with van der Waals surface area (Å²) in [5.41, 5.74) is 1.17. The van der Waals surface area contributed by atoms with Crippen LogP contribution in [0.15, 0.2) is 4.79 Å². The Balaban J connectivity index is 2.86. The van der Waals surface area contributed by atoms with Crippen molar-refractivity contribution >= 4 is 11.0 Å². The number of H-pyrrole nitrogens is 1. The van der Waals surface area contributed by atoms with Gasteiger partial charge in [-0.15, -0.1) is 0 Å². The summed E-state index contributed by atoms with van der Waals surface area (Å²) in [5.74, 6) is 0.977. The summed E-state index contributed by atoms with van der Waals surface area (Å²) in [4.78, 5) is 17.0. The van der Waals surface area contributed by atoms with Gasteiger partial charge in [0.05, 0.1) is 5.69 Å². The minimum atomic E-state index is -0.175. The number of fused-ring (bicyclic) bond motifs is 1. The Morgan fingerprint density at radius 3 is 2.39 bits per heavy atom. The molecule has 0 amide bonds. The number of hydrogen-bond donors (Lipinski definition) is 1.